The Morgan fingerprint density at radius 3 is 2.81 bits per heavy atom. The summed E-state index contributed by atoms with van der Waals surface area (Å²) in [5.74, 6) is 0.658. The van der Waals surface area contributed by atoms with Gasteiger partial charge in [0.1, 0.15) is 15.9 Å². The van der Waals surface area contributed by atoms with Crippen molar-refractivity contribution in [2.24, 2.45) is 0 Å². The minimum Gasteiger partial charge on any atom is -0.474 e. The smallest absolute Gasteiger partial charge is 0.235 e. The van der Waals surface area contributed by atoms with Crippen molar-refractivity contribution >= 4 is 31.8 Å². The molecule has 0 radical (unpaired) electrons. The second-order valence-corrected chi connectivity index (χ2v) is 8.80. The van der Waals surface area contributed by atoms with Gasteiger partial charge in [0.05, 0.1) is 23.8 Å². The van der Waals surface area contributed by atoms with E-state index in [1.807, 2.05) is 13.8 Å². The molecule has 138 valence electrons. The number of nitrogens with zero attached hydrogens (tertiary/aromatic N) is 3. The number of hydrogen-bond donors (Lipinski definition) is 0. The van der Waals surface area contributed by atoms with Crippen molar-refractivity contribution in [2.75, 3.05) is 0 Å². The number of aryl methyl sites for hydroxylation is 1. The highest BCUT2D eigenvalue weighted by atomic mass is 32.1. The molecule has 26 heavy (non-hydrogen) atoms. The molecule has 0 fully saturated rings. The van der Waals surface area contributed by atoms with E-state index in [2.05, 4.69) is 30.7 Å². The van der Waals surface area contributed by atoms with Crippen LogP contribution in [0, 0.1) is 0 Å². The maximum atomic E-state index is 6.10. The van der Waals surface area contributed by atoms with Gasteiger partial charge in [0.25, 0.3) is 0 Å². The molecule has 0 N–H and O–H groups in total. The molecule has 0 saturated heterocycles. The molecule has 0 atom stereocenters. The molecular weight excluding hydrogens is 346 g/mol. The fourth-order valence-electron chi connectivity index (χ4n) is 3.60. The van der Waals surface area contributed by atoms with Crippen LogP contribution in [0.4, 0.5) is 0 Å². The normalized spacial score (nSPS) is 16.4. The van der Waals surface area contributed by atoms with Crippen LogP contribution in [0.1, 0.15) is 57.9 Å². The topological polar surface area (TPSA) is 57.1 Å². The fourth-order valence-corrected chi connectivity index (χ4v) is 4.71. The van der Waals surface area contributed by atoms with E-state index in [-0.39, 0.29) is 11.7 Å². The van der Waals surface area contributed by atoms with Crippen LogP contribution in [0.25, 0.3) is 20.4 Å². The van der Waals surface area contributed by atoms with Crippen molar-refractivity contribution in [3.05, 3.63) is 23.1 Å². The number of pyridine rings is 1. The molecule has 1 aliphatic heterocycles. The van der Waals surface area contributed by atoms with Crippen LogP contribution >= 0.6 is 11.3 Å². The highest BCUT2D eigenvalue weighted by Crippen LogP contribution is 2.42. The zero-order chi connectivity index (χ0) is 18.5. The molecule has 0 aliphatic carbocycles. The predicted octanol–water partition coefficient (Wildman–Crippen LogP) is 4.83. The van der Waals surface area contributed by atoms with Crippen LogP contribution < -0.4 is 4.74 Å². The van der Waals surface area contributed by atoms with E-state index >= 15 is 0 Å². The first-order valence-corrected chi connectivity index (χ1v) is 10.1. The lowest BCUT2D eigenvalue weighted by Crippen LogP contribution is -2.32. The summed E-state index contributed by atoms with van der Waals surface area (Å²) in [5.41, 5.74) is 4.54. The Hall–Kier alpha value is -1.79. The Kier molecular flexibility index (Phi) is 4.35. The monoisotopic (exact) mass is 371 g/mol. The lowest BCUT2D eigenvalue weighted by Gasteiger charge is -2.33. The van der Waals surface area contributed by atoms with Crippen LogP contribution in [0.3, 0.4) is 0 Å². The van der Waals surface area contributed by atoms with Gasteiger partial charge in [-0.15, -0.1) is 11.3 Å². The molecule has 5 nitrogen and oxygen atoms in total. The number of fused-ring (bicyclic) bond motifs is 5. The van der Waals surface area contributed by atoms with Crippen molar-refractivity contribution in [3.63, 3.8) is 0 Å². The van der Waals surface area contributed by atoms with Crippen LogP contribution in [0.2, 0.25) is 0 Å². The van der Waals surface area contributed by atoms with Gasteiger partial charge in [0, 0.05) is 23.1 Å². The summed E-state index contributed by atoms with van der Waals surface area (Å²) in [6.07, 6.45) is 4.58. The minimum absolute atomic E-state index is 0.0724. The highest BCUT2D eigenvalue weighted by Gasteiger charge is 2.31. The third kappa shape index (κ3) is 2.95. The molecule has 3 aromatic heterocycles. The van der Waals surface area contributed by atoms with Crippen molar-refractivity contribution in [2.45, 2.75) is 72.2 Å². The minimum atomic E-state index is -0.177. The molecule has 0 aromatic carbocycles. The average Bonchev–Trinajstić information content (AvgIpc) is 2.93. The number of aromatic nitrogens is 3. The van der Waals surface area contributed by atoms with Gasteiger partial charge in [-0.25, -0.2) is 15.0 Å². The lowest BCUT2D eigenvalue weighted by molar-refractivity contribution is -0.0401. The van der Waals surface area contributed by atoms with E-state index in [0.717, 1.165) is 45.4 Å². The van der Waals surface area contributed by atoms with Gasteiger partial charge in [0.2, 0.25) is 5.88 Å². The van der Waals surface area contributed by atoms with Gasteiger partial charge in [-0.2, -0.15) is 0 Å². The predicted molar refractivity (Wildman–Crippen MR) is 105 cm³/mol. The number of ether oxygens (including phenoxy) is 2. The molecule has 1 aliphatic rings. The van der Waals surface area contributed by atoms with Gasteiger partial charge < -0.3 is 9.47 Å². The summed E-state index contributed by atoms with van der Waals surface area (Å²) in [7, 11) is 0. The first-order valence-electron chi connectivity index (χ1n) is 9.28. The Labute approximate surface area is 157 Å². The molecule has 4 heterocycles. The Morgan fingerprint density at radius 2 is 2.08 bits per heavy atom. The standard InChI is InChI=1S/C20H25N3O2S/c1-6-7-14-13-9-24-20(4,5)8-12(13)15-16-17(26-19(15)23-14)18(22-10-21-16)25-11(2)3/h10-11H,6-9H2,1-5H3. The molecule has 0 amide bonds. The third-order valence-corrected chi connectivity index (χ3v) is 5.78. The van der Waals surface area contributed by atoms with Gasteiger partial charge in [-0.1, -0.05) is 13.3 Å². The van der Waals surface area contributed by atoms with Crippen molar-refractivity contribution < 1.29 is 9.47 Å². The Morgan fingerprint density at radius 1 is 1.27 bits per heavy atom. The van der Waals surface area contributed by atoms with Crippen LogP contribution in [-0.2, 0) is 24.2 Å². The maximum absolute atomic E-state index is 6.10. The second kappa shape index (κ2) is 6.43. The number of thiophene rings is 1. The molecule has 0 bridgehead atoms. The summed E-state index contributed by atoms with van der Waals surface area (Å²) < 4.78 is 13.0. The van der Waals surface area contributed by atoms with E-state index in [0.29, 0.717) is 12.5 Å². The first-order chi connectivity index (χ1) is 12.4. The molecule has 0 unspecified atom stereocenters. The second-order valence-electron chi connectivity index (χ2n) is 7.80. The summed E-state index contributed by atoms with van der Waals surface area (Å²) in [4.78, 5) is 15.0. The summed E-state index contributed by atoms with van der Waals surface area (Å²) in [5, 5.41) is 1.16. The summed E-state index contributed by atoms with van der Waals surface area (Å²) in [6, 6.07) is 0. The van der Waals surface area contributed by atoms with E-state index in [9.17, 15) is 0 Å². The molecule has 0 spiro atoms. The van der Waals surface area contributed by atoms with Crippen LogP contribution in [0.5, 0.6) is 5.88 Å². The molecule has 0 saturated carbocycles. The van der Waals surface area contributed by atoms with E-state index in [1.54, 1.807) is 17.7 Å². The van der Waals surface area contributed by atoms with E-state index < -0.39 is 0 Å². The SMILES string of the molecule is CCCc1nc2sc3c(OC(C)C)ncnc3c2c2c1COC(C)(C)C2. The maximum Gasteiger partial charge on any atom is 0.235 e. The van der Waals surface area contributed by atoms with Gasteiger partial charge in [-0.3, -0.25) is 0 Å². The third-order valence-electron chi connectivity index (χ3n) is 4.72. The van der Waals surface area contributed by atoms with Gasteiger partial charge in [0.15, 0.2) is 0 Å². The molecule has 4 rings (SSSR count). The van der Waals surface area contributed by atoms with Crippen molar-refractivity contribution in [3.8, 4) is 5.88 Å². The van der Waals surface area contributed by atoms with E-state index in [4.69, 9.17) is 14.5 Å². The number of rotatable bonds is 4. The molecular formula is C20H25N3O2S. The molecule has 6 heteroatoms. The van der Waals surface area contributed by atoms with E-state index in [1.165, 1.54) is 11.1 Å². The summed E-state index contributed by atoms with van der Waals surface area (Å²) >= 11 is 1.64. The quantitative estimate of drug-likeness (QED) is 0.657. The zero-order valence-electron chi connectivity index (χ0n) is 16.0. The average molecular weight is 372 g/mol. The Balaban J connectivity index is 2.03. The lowest BCUT2D eigenvalue weighted by atomic mass is 9.88. The van der Waals surface area contributed by atoms with Gasteiger partial charge in [-0.05, 0) is 39.7 Å². The highest BCUT2D eigenvalue weighted by molar-refractivity contribution is 7.25. The largest absolute Gasteiger partial charge is 0.474 e. The zero-order valence-corrected chi connectivity index (χ0v) is 16.9. The molecule has 3 aromatic rings. The number of hydrogen-bond acceptors (Lipinski definition) is 6. The van der Waals surface area contributed by atoms with Crippen LogP contribution in [0.15, 0.2) is 6.33 Å². The fraction of sp³-hybridized carbons (Fsp3) is 0.550. The van der Waals surface area contributed by atoms with Crippen molar-refractivity contribution in [1.29, 1.82) is 0 Å². The Bertz CT molecular complexity index is 978. The first kappa shape index (κ1) is 17.6. The van der Waals surface area contributed by atoms with Crippen LogP contribution in [-0.4, -0.2) is 26.7 Å². The summed E-state index contributed by atoms with van der Waals surface area (Å²) in [6.45, 7) is 11.1. The van der Waals surface area contributed by atoms with Gasteiger partial charge >= 0.3 is 0 Å². The van der Waals surface area contributed by atoms with Crippen molar-refractivity contribution in [1.82, 2.24) is 15.0 Å².